The molecule has 3 heteroatoms. The van der Waals surface area contributed by atoms with Crippen LogP contribution in [0.3, 0.4) is 0 Å². The van der Waals surface area contributed by atoms with Gasteiger partial charge in [0, 0.05) is 18.3 Å². The average molecular weight is 181 g/mol. The number of aryl methyl sites for hydroxylation is 1. The van der Waals surface area contributed by atoms with Crippen LogP contribution in [0.15, 0.2) is 6.33 Å². The first-order valence-corrected chi connectivity index (χ1v) is 4.84. The lowest BCUT2D eigenvalue weighted by Gasteiger charge is -2.15. The maximum Gasteiger partial charge on any atom is 0.0951 e. The highest BCUT2D eigenvalue weighted by Crippen LogP contribution is 2.06. The molecule has 0 saturated carbocycles. The Balaban J connectivity index is 2.67. The topological polar surface area (TPSA) is 29.9 Å². The number of aromatic nitrogens is 2. The van der Waals surface area contributed by atoms with Crippen molar-refractivity contribution in [1.29, 1.82) is 0 Å². The molecular weight excluding hydrogens is 162 g/mol. The number of hydrogen-bond acceptors (Lipinski definition) is 2. The third kappa shape index (κ3) is 2.31. The van der Waals surface area contributed by atoms with E-state index in [-0.39, 0.29) is 0 Å². The zero-order valence-electron chi connectivity index (χ0n) is 8.96. The molecule has 1 atom stereocenters. The van der Waals surface area contributed by atoms with Gasteiger partial charge in [-0.3, -0.25) is 0 Å². The molecule has 0 saturated heterocycles. The van der Waals surface area contributed by atoms with Gasteiger partial charge in [-0.05, 0) is 27.3 Å². The molecule has 0 amide bonds. The van der Waals surface area contributed by atoms with Gasteiger partial charge in [-0.15, -0.1) is 0 Å². The van der Waals surface area contributed by atoms with E-state index in [2.05, 4.69) is 28.7 Å². The average Bonchev–Trinajstić information content (AvgIpc) is 2.45. The van der Waals surface area contributed by atoms with Crippen molar-refractivity contribution in [3.63, 3.8) is 0 Å². The van der Waals surface area contributed by atoms with Crippen LogP contribution in [0.4, 0.5) is 0 Å². The largest absolute Gasteiger partial charge is 0.333 e. The van der Waals surface area contributed by atoms with Crippen molar-refractivity contribution < 1.29 is 0 Å². The predicted octanol–water partition coefficient (Wildman–Crippen LogP) is 1.50. The molecule has 0 aliphatic rings. The number of rotatable bonds is 4. The Labute approximate surface area is 80.2 Å². The standard InChI is InChI=1S/C10H19N3/c1-5-10(11-4)6-13-7-12-8(2)9(13)3/h7,10-11H,5-6H2,1-4H3. The molecule has 1 rings (SSSR count). The Bertz CT molecular complexity index is 261. The molecule has 1 aromatic rings. The second-order valence-electron chi connectivity index (χ2n) is 3.46. The molecule has 0 aliphatic heterocycles. The van der Waals surface area contributed by atoms with Crippen molar-refractivity contribution in [3.8, 4) is 0 Å². The number of imidazole rings is 1. The van der Waals surface area contributed by atoms with Crippen LogP contribution in [0, 0.1) is 13.8 Å². The van der Waals surface area contributed by atoms with Gasteiger partial charge in [-0.1, -0.05) is 6.92 Å². The highest BCUT2D eigenvalue weighted by atomic mass is 15.1. The third-order valence-electron chi connectivity index (χ3n) is 2.66. The Morgan fingerprint density at radius 1 is 1.54 bits per heavy atom. The molecule has 1 aromatic heterocycles. The zero-order valence-corrected chi connectivity index (χ0v) is 8.96. The Kier molecular flexibility index (Phi) is 3.48. The van der Waals surface area contributed by atoms with Crippen LogP contribution in [0.1, 0.15) is 24.7 Å². The van der Waals surface area contributed by atoms with Gasteiger partial charge >= 0.3 is 0 Å². The van der Waals surface area contributed by atoms with E-state index in [4.69, 9.17) is 0 Å². The van der Waals surface area contributed by atoms with Crippen LogP contribution in [0.2, 0.25) is 0 Å². The van der Waals surface area contributed by atoms with E-state index < -0.39 is 0 Å². The van der Waals surface area contributed by atoms with E-state index in [9.17, 15) is 0 Å². The Hall–Kier alpha value is -0.830. The van der Waals surface area contributed by atoms with E-state index >= 15 is 0 Å². The van der Waals surface area contributed by atoms with E-state index in [1.165, 1.54) is 5.69 Å². The van der Waals surface area contributed by atoms with Gasteiger partial charge < -0.3 is 9.88 Å². The lowest BCUT2D eigenvalue weighted by molar-refractivity contribution is 0.464. The van der Waals surface area contributed by atoms with Crippen LogP contribution in [-0.4, -0.2) is 22.6 Å². The molecule has 1 unspecified atom stereocenters. The molecule has 0 aromatic carbocycles. The van der Waals surface area contributed by atoms with Crippen molar-refractivity contribution in [2.45, 2.75) is 39.8 Å². The van der Waals surface area contributed by atoms with Crippen LogP contribution in [0.25, 0.3) is 0 Å². The van der Waals surface area contributed by atoms with Crippen LogP contribution in [-0.2, 0) is 6.54 Å². The summed E-state index contributed by atoms with van der Waals surface area (Å²) in [6.45, 7) is 7.37. The smallest absolute Gasteiger partial charge is 0.0951 e. The number of hydrogen-bond donors (Lipinski definition) is 1. The molecule has 13 heavy (non-hydrogen) atoms. The van der Waals surface area contributed by atoms with Gasteiger partial charge in [0.1, 0.15) is 0 Å². The van der Waals surface area contributed by atoms with E-state index in [1.807, 2.05) is 20.3 Å². The maximum atomic E-state index is 4.27. The van der Waals surface area contributed by atoms with Crippen molar-refractivity contribution >= 4 is 0 Å². The minimum Gasteiger partial charge on any atom is -0.333 e. The molecule has 74 valence electrons. The molecule has 0 bridgehead atoms. The van der Waals surface area contributed by atoms with Gasteiger partial charge in [0.05, 0.1) is 12.0 Å². The summed E-state index contributed by atoms with van der Waals surface area (Å²) in [7, 11) is 2.01. The summed E-state index contributed by atoms with van der Waals surface area (Å²) >= 11 is 0. The highest BCUT2D eigenvalue weighted by Gasteiger charge is 2.07. The molecule has 3 nitrogen and oxygen atoms in total. The zero-order chi connectivity index (χ0) is 9.84. The highest BCUT2D eigenvalue weighted by molar-refractivity contribution is 5.08. The van der Waals surface area contributed by atoms with Crippen LogP contribution in [0.5, 0.6) is 0 Å². The van der Waals surface area contributed by atoms with E-state index in [0.717, 1.165) is 18.7 Å². The summed E-state index contributed by atoms with van der Waals surface area (Å²) in [6, 6.07) is 0.548. The first-order chi connectivity index (χ1) is 6.19. The summed E-state index contributed by atoms with van der Waals surface area (Å²) in [5.41, 5.74) is 2.40. The molecular formula is C10H19N3. The monoisotopic (exact) mass is 181 g/mol. The fraction of sp³-hybridized carbons (Fsp3) is 0.700. The van der Waals surface area contributed by atoms with Gasteiger partial charge in [0.15, 0.2) is 0 Å². The van der Waals surface area contributed by atoms with Gasteiger partial charge in [-0.25, -0.2) is 4.98 Å². The first-order valence-electron chi connectivity index (χ1n) is 4.84. The minimum absolute atomic E-state index is 0.548. The van der Waals surface area contributed by atoms with Crippen molar-refractivity contribution in [3.05, 3.63) is 17.7 Å². The van der Waals surface area contributed by atoms with Gasteiger partial charge in [-0.2, -0.15) is 0 Å². The second kappa shape index (κ2) is 4.42. The quantitative estimate of drug-likeness (QED) is 0.763. The fourth-order valence-electron chi connectivity index (χ4n) is 1.39. The lowest BCUT2D eigenvalue weighted by Crippen LogP contribution is -2.29. The summed E-state index contributed by atoms with van der Waals surface area (Å²) in [4.78, 5) is 4.27. The normalized spacial score (nSPS) is 13.2. The van der Waals surface area contributed by atoms with Gasteiger partial charge in [0.25, 0.3) is 0 Å². The molecule has 1 heterocycles. The lowest BCUT2D eigenvalue weighted by atomic mass is 10.2. The summed E-state index contributed by atoms with van der Waals surface area (Å²) in [6.07, 6.45) is 3.07. The predicted molar refractivity (Wildman–Crippen MR) is 54.8 cm³/mol. The maximum absolute atomic E-state index is 4.27. The van der Waals surface area contributed by atoms with E-state index in [0.29, 0.717) is 6.04 Å². The van der Waals surface area contributed by atoms with Crippen LogP contribution < -0.4 is 5.32 Å². The summed E-state index contributed by atoms with van der Waals surface area (Å²) in [5.74, 6) is 0. The number of likely N-dealkylation sites (N-methyl/N-ethyl adjacent to an activating group) is 1. The number of nitrogens with zero attached hydrogens (tertiary/aromatic N) is 2. The van der Waals surface area contributed by atoms with Crippen molar-refractivity contribution in [2.24, 2.45) is 0 Å². The SMILES string of the molecule is CCC(Cn1cnc(C)c1C)NC. The third-order valence-corrected chi connectivity index (χ3v) is 2.66. The summed E-state index contributed by atoms with van der Waals surface area (Å²) < 4.78 is 2.21. The van der Waals surface area contributed by atoms with Crippen LogP contribution >= 0.6 is 0 Å². The Morgan fingerprint density at radius 3 is 2.62 bits per heavy atom. The molecule has 1 N–H and O–H groups in total. The first kappa shape index (κ1) is 10.3. The summed E-state index contributed by atoms with van der Waals surface area (Å²) in [5, 5.41) is 3.29. The molecule has 0 fully saturated rings. The second-order valence-corrected chi connectivity index (χ2v) is 3.46. The number of nitrogens with one attached hydrogen (secondary N) is 1. The molecule has 0 radical (unpaired) electrons. The minimum atomic E-state index is 0.548. The Morgan fingerprint density at radius 2 is 2.23 bits per heavy atom. The van der Waals surface area contributed by atoms with Crippen molar-refractivity contribution in [1.82, 2.24) is 14.9 Å². The van der Waals surface area contributed by atoms with Gasteiger partial charge in [0.2, 0.25) is 0 Å². The molecule has 0 aliphatic carbocycles. The van der Waals surface area contributed by atoms with E-state index in [1.54, 1.807) is 0 Å². The molecule has 0 spiro atoms. The fourth-order valence-corrected chi connectivity index (χ4v) is 1.39. The van der Waals surface area contributed by atoms with Crippen molar-refractivity contribution in [2.75, 3.05) is 7.05 Å².